The van der Waals surface area contributed by atoms with Crippen LogP contribution < -0.4 is 0 Å². The van der Waals surface area contributed by atoms with Gasteiger partial charge in [0, 0.05) is 30.5 Å². The Bertz CT molecular complexity index is 642. The van der Waals surface area contributed by atoms with Gasteiger partial charge in [-0.15, -0.1) is 0 Å². The van der Waals surface area contributed by atoms with Crippen LogP contribution in [0, 0.1) is 0 Å². The Morgan fingerprint density at radius 1 is 1.33 bits per heavy atom. The van der Waals surface area contributed by atoms with Crippen molar-refractivity contribution in [3.63, 3.8) is 0 Å². The monoisotopic (exact) mass is 395 g/mol. The SMILES string of the molecule is CC1(O)CC(c2cccc(Br)c2)=NN(CCN2CCOCC2)C1=O. The molecule has 0 aromatic heterocycles. The minimum absolute atomic E-state index is 0.219. The third-order valence-electron chi connectivity index (χ3n) is 4.34. The first-order valence-electron chi connectivity index (χ1n) is 8.13. The van der Waals surface area contributed by atoms with Crippen molar-refractivity contribution in [3.8, 4) is 0 Å². The van der Waals surface area contributed by atoms with Crippen LogP contribution in [0.15, 0.2) is 33.8 Å². The maximum absolute atomic E-state index is 12.5. The number of carbonyl (C=O) groups excluding carboxylic acids is 1. The molecule has 1 amide bonds. The predicted molar refractivity (Wildman–Crippen MR) is 94.9 cm³/mol. The second-order valence-electron chi connectivity index (χ2n) is 6.39. The molecule has 6 nitrogen and oxygen atoms in total. The molecule has 3 rings (SSSR count). The van der Waals surface area contributed by atoms with E-state index in [4.69, 9.17) is 4.74 Å². The summed E-state index contributed by atoms with van der Waals surface area (Å²) < 4.78 is 6.28. The smallest absolute Gasteiger partial charge is 0.274 e. The number of hydrogen-bond donors (Lipinski definition) is 1. The number of halogens is 1. The minimum atomic E-state index is -1.43. The van der Waals surface area contributed by atoms with Crippen LogP contribution in [0.3, 0.4) is 0 Å². The second kappa shape index (κ2) is 7.31. The zero-order chi connectivity index (χ0) is 17.2. The molecule has 2 heterocycles. The van der Waals surface area contributed by atoms with Crippen molar-refractivity contribution in [1.29, 1.82) is 0 Å². The van der Waals surface area contributed by atoms with Gasteiger partial charge in [0.05, 0.1) is 25.5 Å². The van der Waals surface area contributed by atoms with Gasteiger partial charge in [-0.05, 0) is 24.6 Å². The van der Waals surface area contributed by atoms with E-state index in [9.17, 15) is 9.90 Å². The molecule has 0 spiro atoms. The molecule has 2 aliphatic heterocycles. The highest BCUT2D eigenvalue weighted by atomic mass is 79.9. The number of morpholine rings is 1. The molecule has 7 heteroatoms. The molecule has 0 bridgehead atoms. The van der Waals surface area contributed by atoms with Crippen LogP contribution in [0.25, 0.3) is 0 Å². The van der Waals surface area contributed by atoms with Crippen LogP contribution in [-0.2, 0) is 9.53 Å². The van der Waals surface area contributed by atoms with Gasteiger partial charge in [-0.2, -0.15) is 5.10 Å². The van der Waals surface area contributed by atoms with Crippen molar-refractivity contribution in [2.75, 3.05) is 39.4 Å². The third kappa shape index (κ3) is 4.03. The summed E-state index contributed by atoms with van der Waals surface area (Å²) in [6.07, 6.45) is 0.219. The van der Waals surface area contributed by atoms with Crippen LogP contribution in [0.1, 0.15) is 18.9 Å². The Morgan fingerprint density at radius 2 is 2.08 bits per heavy atom. The largest absolute Gasteiger partial charge is 0.380 e. The topological polar surface area (TPSA) is 65.4 Å². The van der Waals surface area contributed by atoms with Gasteiger partial charge >= 0.3 is 0 Å². The summed E-state index contributed by atoms with van der Waals surface area (Å²) in [5.41, 5.74) is 0.209. The fraction of sp³-hybridized carbons (Fsp3) is 0.529. The molecule has 1 atom stereocenters. The van der Waals surface area contributed by atoms with E-state index in [2.05, 4.69) is 25.9 Å². The van der Waals surface area contributed by atoms with Crippen molar-refractivity contribution in [2.45, 2.75) is 18.9 Å². The Balaban J connectivity index is 1.77. The van der Waals surface area contributed by atoms with Crippen LogP contribution >= 0.6 is 15.9 Å². The summed E-state index contributed by atoms with van der Waals surface area (Å²) in [5.74, 6) is -0.338. The number of rotatable bonds is 4. The number of amides is 1. The highest BCUT2D eigenvalue weighted by molar-refractivity contribution is 9.10. The molecule has 0 aliphatic carbocycles. The van der Waals surface area contributed by atoms with Gasteiger partial charge in [-0.25, -0.2) is 5.01 Å². The number of aliphatic hydroxyl groups is 1. The molecular weight excluding hydrogens is 374 g/mol. The number of hydrazone groups is 1. The lowest BCUT2D eigenvalue weighted by atomic mass is 9.92. The summed E-state index contributed by atoms with van der Waals surface area (Å²) in [4.78, 5) is 14.7. The summed E-state index contributed by atoms with van der Waals surface area (Å²) in [5, 5.41) is 16.5. The van der Waals surface area contributed by atoms with Crippen LogP contribution in [0.5, 0.6) is 0 Å². The zero-order valence-corrected chi connectivity index (χ0v) is 15.3. The number of ether oxygens (including phenoxy) is 1. The van der Waals surface area contributed by atoms with Crippen molar-refractivity contribution in [1.82, 2.24) is 9.91 Å². The molecule has 1 saturated heterocycles. The molecule has 2 aliphatic rings. The number of carbonyl (C=O) groups is 1. The summed E-state index contributed by atoms with van der Waals surface area (Å²) in [6.45, 7) is 5.91. The molecule has 0 radical (unpaired) electrons. The standard InChI is InChI=1S/C17H22BrN3O3/c1-17(23)12-15(13-3-2-4-14(18)11-13)19-21(16(17)22)6-5-20-7-9-24-10-8-20/h2-4,11,23H,5-10,12H2,1H3. The molecule has 1 N–H and O–H groups in total. The summed E-state index contributed by atoms with van der Waals surface area (Å²) in [6, 6.07) is 7.75. The van der Waals surface area contributed by atoms with E-state index in [1.165, 1.54) is 5.01 Å². The molecule has 0 saturated carbocycles. The lowest BCUT2D eigenvalue weighted by molar-refractivity contribution is -0.150. The van der Waals surface area contributed by atoms with Gasteiger partial charge in [0.25, 0.3) is 5.91 Å². The molecule has 1 fully saturated rings. The van der Waals surface area contributed by atoms with Crippen molar-refractivity contribution in [2.24, 2.45) is 5.10 Å². The molecule has 1 unspecified atom stereocenters. The molecule has 1 aromatic carbocycles. The minimum Gasteiger partial charge on any atom is -0.380 e. The maximum atomic E-state index is 12.5. The molecule has 24 heavy (non-hydrogen) atoms. The van der Waals surface area contributed by atoms with E-state index in [1.807, 2.05) is 24.3 Å². The van der Waals surface area contributed by atoms with Crippen molar-refractivity contribution >= 4 is 27.5 Å². The second-order valence-corrected chi connectivity index (χ2v) is 7.31. The predicted octanol–water partition coefficient (Wildman–Crippen LogP) is 1.47. The van der Waals surface area contributed by atoms with E-state index >= 15 is 0 Å². The number of benzene rings is 1. The molecule has 130 valence electrons. The van der Waals surface area contributed by atoms with Gasteiger partial charge in [0.2, 0.25) is 0 Å². The zero-order valence-electron chi connectivity index (χ0n) is 13.7. The Labute approximate surface area is 150 Å². The first-order chi connectivity index (χ1) is 11.5. The average Bonchev–Trinajstić information content (AvgIpc) is 2.57. The fourth-order valence-corrected chi connectivity index (χ4v) is 3.35. The van der Waals surface area contributed by atoms with Gasteiger partial charge < -0.3 is 9.84 Å². The first-order valence-corrected chi connectivity index (χ1v) is 8.93. The average molecular weight is 396 g/mol. The lowest BCUT2D eigenvalue weighted by Crippen LogP contribution is -2.52. The normalized spacial score (nSPS) is 25.7. The molecule has 1 aromatic rings. The third-order valence-corrected chi connectivity index (χ3v) is 4.83. The summed E-state index contributed by atoms with van der Waals surface area (Å²) >= 11 is 3.45. The van der Waals surface area contributed by atoms with Crippen LogP contribution in [0.4, 0.5) is 0 Å². The first kappa shape index (κ1) is 17.5. The van der Waals surface area contributed by atoms with Gasteiger partial charge in [0.1, 0.15) is 5.60 Å². The van der Waals surface area contributed by atoms with Gasteiger partial charge in [0.15, 0.2) is 0 Å². The van der Waals surface area contributed by atoms with E-state index < -0.39 is 5.60 Å². The highest BCUT2D eigenvalue weighted by Gasteiger charge is 2.40. The number of hydrogen-bond acceptors (Lipinski definition) is 5. The van der Waals surface area contributed by atoms with E-state index in [0.29, 0.717) is 6.54 Å². The van der Waals surface area contributed by atoms with E-state index in [0.717, 1.165) is 48.6 Å². The van der Waals surface area contributed by atoms with Crippen molar-refractivity contribution < 1.29 is 14.6 Å². The highest BCUT2D eigenvalue weighted by Crippen LogP contribution is 2.25. The van der Waals surface area contributed by atoms with Gasteiger partial charge in [-0.1, -0.05) is 28.1 Å². The van der Waals surface area contributed by atoms with E-state index in [1.54, 1.807) is 6.92 Å². The Morgan fingerprint density at radius 3 is 2.79 bits per heavy atom. The Kier molecular flexibility index (Phi) is 5.34. The Hall–Kier alpha value is -1.28. The van der Waals surface area contributed by atoms with Crippen LogP contribution in [0.2, 0.25) is 0 Å². The molecular formula is C17H22BrN3O3. The van der Waals surface area contributed by atoms with Crippen LogP contribution in [-0.4, -0.2) is 71.6 Å². The summed E-state index contributed by atoms with van der Waals surface area (Å²) in [7, 11) is 0. The van der Waals surface area contributed by atoms with Crippen molar-refractivity contribution in [3.05, 3.63) is 34.3 Å². The number of nitrogens with zero attached hydrogens (tertiary/aromatic N) is 3. The quantitative estimate of drug-likeness (QED) is 0.837. The lowest BCUT2D eigenvalue weighted by Gasteiger charge is -2.35. The van der Waals surface area contributed by atoms with Gasteiger partial charge in [-0.3, -0.25) is 9.69 Å². The maximum Gasteiger partial charge on any atom is 0.274 e. The van der Waals surface area contributed by atoms with E-state index in [-0.39, 0.29) is 12.3 Å². The fourth-order valence-electron chi connectivity index (χ4n) is 2.95.